The number of nitrogens with zero attached hydrogens (tertiary/aromatic N) is 2. The topological polar surface area (TPSA) is 110 Å². The van der Waals surface area contributed by atoms with Crippen LogP contribution in [0, 0.1) is 0 Å². The molecule has 4 aromatic rings. The van der Waals surface area contributed by atoms with Crippen LogP contribution in [0.5, 0.6) is 5.75 Å². The Kier molecular flexibility index (Phi) is 10.4. The molecule has 0 aliphatic carbocycles. The van der Waals surface area contributed by atoms with Gasteiger partial charge in [-0.05, 0) is 73.9 Å². The van der Waals surface area contributed by atoms with Gasteiger partial charge in [-0.1, -0.05) is 36.4 Å². The van der Waals surface area contributed by atoms with Crippen molar-refractivity contribution in [2.45, 2.75) is 43.9 Å². The number of aromatic nitrogens is 1. The largest absolute Gasteiger partial charge is 0.491 e. The van der Waals surface area contributed by atoms with Gasteiger partial charge in [0.1, 0.15) is 24.2 Å². The highest BCUT2D eigenvalue weighted by Gasteiger charge is 2.20. The Hall–Kier alpha value is -3.70. The number of benzene rings is 3. The molecule has 1 aromatic heterocycles. The van der Waals surface area contributed by atoms with Crippen LogP contribution in [-0.2, 0) is 27.7 Å². The van der Waals surface area contributed by atoms with Gasteiger partial charge in [0.2, 0.25) is 10.0 Å². The van der Waals surface area contributed by atoms with Gasteiger partial charge in [0, 0.05) is 44.1 Å². The molecule has 224 valence electrons. The summed E-state index contributed by atoms with van der Waals surface area (Å²) in [5, 5.41) is 14.6. The van der Waals surface area contributed by atoms with Crippen LogP contribution < -0.4 is 10.1 Å². The molecule has 10 heteroatoms. The minimum Gasteiger partial charge on any atom is -0.491 e. The number of carbonyl (C=O) groups is 1. The van der Waals surface area contributed by atoms with Crippen LogP contribution in [0.15, 0.2) is 83.8 Å². The molecular formula is C32H39N3O6S. The molecule has 0 aliphatic heterocycles. The maximum absolute atomic E-state index is 12.9. The molecule has 0 saturated heterocycles. The lowest BCUT2D eigenvalue weighted by molar-refractivity contribution is 0.0515. The lowest BCUT2D eigenvalue weighted by Crippen LogP contribution is -2.37. The molecule has 42 heavy (non-hydrogen) atoms. The SMILES string of the molecule is CCOC(=O)c1cc2cc(CC(C)NCC(O)COc3ccccc3)ccc2n1Cc1ccc(S(=O)(=O)N(C)C)cc1. The van der Waals surface area contributed by atoms with Crippen LogP contribution >= 0.6 is 0 Å². The zero-order valence-corrected chi connectivity index (χ0v) is 25.3. The lowest BCUT2D eigenvalue weighted by atomic mass is 10.0. The Morgan fingerprint density at radius 3 is 2.36 bits per heavy atom. The predicted octanol–water partition coefficient (Wildman–Crippen LogP) is 4.08. The number of para-hydroxylation sites is 1. The summed E-state index contributed by atoms with van der Waals surface area (Å²) < 4.78 is 38.9. The molecule has 2 N–H and O–H groups in total. The number of hydrogen-bond donors (Lipinski definition) is 2. The van der Waals surface area contributed by atoms with Gasteiger partial charge < -0.3 is 24.5 Å². The van der Waals surface area contributed by atoms with Gasteiger partial charge in [0.15, 0.2) is 0 Å². The van der Waals surface area contributed by atoms with Crippen LogP contribution in [0.1, 0.15) is 35.5 Å². The van der Waals surface area contributed by atoms with Gasteiger partial charge in [-0.3, -0.25) is 0 Å². The number of esters is 1. The molecule has 0 amide bonds. The van der Waals surface area contributed by atoms with E-state index in [1.54, 1.807) is 31.2 Å². The highest BCUT2D eigenvalue weighted by Crippen LogP contribution is 2.25. The number of aliphatic hydroxyl groups excluding tert-OH is 1. The van der Waals surface area contributed by atoms with E-state index in [1.807, 2.05) is 53.1 Å². The summed E-state index contributed by atoms with van der Waals surface area (Å²) in [5.41, 5.74) is 3.25. The van der Waals surface area contributed by atoms with Crippen molar-refractivity contribution >= 4 is 26.9 Å². The standard InChI is InChI=1S/C32H39N3O6S/c1-5-40-32(37)31-19-26-18-25(17-23(2)33-20-27(36)22-41-28-9-7-6-8-10-28)13-16-30(26)35(31)21-24-11-14-29(15-12-24)42(38,39)34(3)4/h6-16,18-19,23,27,33,36H,5,17,20-22H2,1-4H3. The minimum absolute atomic E-state index is 0.0948. The third kappa shape index (κ3) is 7.77. The van der Waals surface area contributed by atoms with E-state index in [2.05, 4.69) is 18.3 Å². The van der Waals surface area contributed by atoms with E-state index >= 15 is 0 Å². The van der Waals surface area contributed by atoms with Crippen LogP contribution in [0.4, 0.5) is 0 Å². The summed E-state index contributed by atoms with van der Waals surface area (Å²) in [4.78, 5) is 13.1. The van der Waals surface area contributed by atoms with Crippen molar-refractivity contribution in [3.8, 4) is 5.75 Å². The first-order valence-electron chi connectivity index (χ1n) is 14.0. The number of rotatable bonds is 14. The molecule has 0 aliphatic rings. The fraction of sp³-hybridized carbons (Fsp3) is 0.344. The summed E-state index contributed by atoms with van der Waals surface area (Å²) in [6.07, 6.45) is 0.0811. The molecule has 4 rings (SSSR count). The molecular weight excluding hydrogens is 554 g/mol. The Balaban J connectivity index is 1.46. The van der Waals surface area contributed by atoms with Gasteiger partial charge in [-0.2, -0.15) is 0 Å². The molecule has 0 bridgehead atoms. The number of aliphatic hydroxyl groups is 1. The number of ether oxygens (including phenoxy) is 2. The first kappa shape index (κ1) is 31.2. The highest BCUT2D eigenvalue weighted by molar-refractivity contribution is 7.89. The maximum atomic E-state index is 12.9. The van der Waals surface area contributed by atoms with Crippen molar-refractivity contribution in [2.24, 2.45) is 0 Å². The highest BCUT2D eigenvalue weighted by atomic mass is 32.2. The Morgan fingerprint density at radius 2 is 1.69 bits per heavy atom. The summed E-state index contributed by atoms with van der Waals surface area (Å²) in [7, 11) is -0.536. The van der Waals surface area contributed by atoms with Crippen molar-refractivity contribution in [1.29, 1.82) is 0 Å². The molecule has 0 saturated carbocycles. The van der Waals surface area contributed by atoms with Crippen LogP contribution in [0.25, 0.3) is 10.9 Å². The quantitative estimate of drug-likeness (QED) is 0.212. The van der Waals surface area contributed by atoms with Crippen molar-refractivity contribution in [1.82, 2.24) is 14.2 Å². The zero-order valence-electron chi connectivity index (χ0n) is 24.5. The minimum atomic E-state index is -3.53. The molecule has 3 aromatic carbocycles. The van der Waals surface area contributed by atoms with E-state index in [0.29, 0.717) is 18.8 Å². The van der Waals surface area contributed by atoms with E-state index in [9.17, 15) is 18.3 Å². The zero-order chi connectivity index (χ0) is 30.3. The second kappa shape index (κ2) is 14.0. The van der Waals surface area contributed by atoms with Crippen LogP contribution in [0.3, 0.4) is 0 Å². The number of sulfonamides is 1. The molecule has 2 atom stereocenters. The van der Waals surface area contributed by atoms with Gasteiger partial charge in [0.05, 0.1) is 11.5 Å². The molecule has 2 unspecified atom stereocenters. The number of fused-ring (bicyclic) bond motifs is 1. The lowest BCUT2D eigenvalue weighted by Gasteiger charge is -2.18. The third-order valence-corrected chi connectivity index (χ3v) is 8.75. The normalized spacial score (nSPS) is 13.3. The van der Waals surface area contributed by atoms with E-state index in [1.165, 1.54) is 18.4 Å². The Labute approximate surface area is 247 Å². The van der Waals surface area contributed by atoms with Gasteiger partial charge in [0.25, 0.3) is 0 Å². The molecule has 0 spiro atoms. The van der Waals surface area contributed by atoms with Crippen molar-refractivity contribution in [2.75, 3.05) is 33.9 Å². The van der Waals surface area contributed by atoms with E-state index in [4.69, 9.17) is 9.47 Å². The first-order valence-corrected chi connectivity index (χ1v) is 15.4. The van der Waals surface area contributed by atoms with Crippen molar-refractivity contribution in [3.05, 3.63) is 95.7 Å². The fourth-order valence-electron chi connectivity index (χ4n) is 4.68. The fourth-order valence-corrected chi connectivity index (χ4v) is 5.58. The summed E-state index contributed by atoms with van der Waals surface area (Å²) in [6, 6.07) is 24.1. The average molecular weight is 594 g/mol. The average Bonchev–Trinajstić information content (AvgIpc) is 3.33. The van der Waals surface area contributed by atoms with Crippen molar-refractivity contribution in [3.63, 3.8) is 0 Å². The Morgan fingerprint density at radius 1 is 1.00 bits per heavy atom. The Bertz CT molecular complexity index is 1580. The summed E-state index contributed by atoms with van der Waals surface area (Å²) >= 11 is 0. The van der Waals surface area contributed by atoms with E-state index in [0.717, 1.165) is 34.2 Å². The number of hydrogen-bond acceptors (Lipinski definition) is 7. The molecule has 1 heterocycles. The molecule has 0 fully saturated rings. The van der Waals surface area contributed by atoms with Crippen molar-refractivity contribution < 1.29 is 27.8 Å². The van der Waals surface area contributed by atoms with Crippen LogP contribution in [-0.4, -0.2) is 74.4 Å². The van der Waals surface area contributed by atoms with Gasteiger partial charge in [-0.15, -0.1) is 0 Å². The monoisotopic (exact) mass is 593 g/mol. The smallest absolute Gasteiger partial charge is 0.354 e. The number of carbonyl (C=O) groups excluding carboxylic acids is 1. The summed E-state index contributed by atoms with van der Waals surface area (Å²) in [5.74, 6) is 0.310. The molecule has 9 nitrogen and oxygen atoms in total. The van der Waals surface area contributed by atoms with E-state index < -0.39 is 22.1 Å². The molecule has 0 radical (unpaired) electrons. The number of nitrogens with one attached hydrogen (secondary N) is 1. The van der Waals surface area contributed by atoms with E-state index in [-0.39, 0.29) is 24.2 Å². The second-order valence-corrected chi connectivity index (χ2v) is 12.6. The van der Waals surface area contributed by atoms with Crippen LogP contribution in [0.2, 0.25) is 0 Å². The van der Waals surface area contributed by atoms with Gasteiger partial charge >= 0.3 is 5.97 Å². The second-order valence-electron chi connectivity index (χ2n) is 10.5. The maximum Gasteiger partial charge on any atom is 0.354 e. The van der Waals surface area contributed by atoms with Gasteiger partial charge in [-0.25, -0.2) is 17.5 Å². The third-order valence-electron chi connectivity index (χ3n) is 6.92. The first-order chi connectivity index (χ1) is 20.1. The summed E-state index contributed by atoms with van der Waals surface area (Å²) in [6.45, 7) is 5.06. The predicted molar refractivity (Wildman–Crippen MR) is 163 cm³/mol.